The van der Waals surface area contributed by atoms with Crippen molar-refractivity contribution in [2.75, 3.05) is 24.1 Å². The quantitative estimate of drug-likeness (QED) is 0.405. The van der Waals surface area contributed by atoms with Crippen molar-refractivity contribution in [2.24, 2.45) is 0 Å². The van der Waals surface area contributed by atoms with Crippen LogP contribution in [-0.2, 0) is 25.7 Å². The normalized spacial score (nSPS) is 19.1. The van der Waals surface area contributed by atoms with E-state index in [1.54, 1.807) is 4.68 Å². The molecule has 1 aliphatic heterocycles. The van der Waals surface area contributed by atoms with E-state index in [0.29, 0.717) is 11.8 Å². The Morgan fingerprint density at radius 3 is 2.51 bits per heavy atom. The minimum absolute atomic E-state index is 0.205. The van der Waals surface area contributed by atoms with Crippen LogP contribution in [-0.4, -0.2) is 49.0 Å². The predicted octanol–water partition coefficient (Wildman–Crippen LogP) is 4.49. The van der Waals surface area contributed by atoms with E-state index >= 15 is 0 Å². The molecule has 7 rings (SSSR count). The summed E-state index contributed by atoms with van der Waals surface area (Å²) in [7, 11) is 0. The van der Waals surface area contributed by atoms with Crippen LogP contribution in [0.3, 0.4) is 0 Å². The molecule has 188 valence electrons. The third kappa shape index (κ3) is 4.25. The molecule has 37 heavy (non-hydrogen) atoms. The van der Waals surface area contributed by atoms with Gasteiger partial charge in [0, 0.05) is 17.3 Å². The maximum Gasteiger partial charge on any atom is 0.241 e. The van der Waals surface area contributed by atoms with E-state index in [9.17, 15) is 0 Å². The van der Waals surface area contributed by atoms with E-state index in [0.717, 1.165) is 49.5 Å². The molecule has 8 nitrogen and oxygen atoms in total. The summed E-state index contributed by atoms with van der Waals surface area (Å²) >= 11 is 0. The Bertz CT molecular complexity index is 1450. The van der Waals surface area contributed by atoms with Crippen LogP contribution in [0.4, 0.5) is 17.6 Å². The smallest absolute Gasteiger partial charge is 0.241 e. The van der Waals surface area contributed by atoms with Crippen molar-refractivity contribution < 1.29 is 0 Å². The Morgan fingerprint density at radius 2 is 1.65 bits per heavy atom. The van der Waals surface area contributed by atoms with Gasteiger partial charge in [-0.1, -0.05) is 30.3 Å². The fourth-order valence-corrected chi connectivity index (χ4v) is 6.12. The Labute approximate surface area is 216 Å². The number of rotatable bonds is 4. The maximum atomic E-state index is 6.05. The number of nitrogens with two attached hydrogens (primary N) is 1. The molecule has 0 spiro atoms. The molecule has 3 N–H and O–H groups in total. The maximum absolute atomic E-state index is 6.05. The monoisotopic (exact) mass is 492 g/mol. The molecule has 1 unspecified atom stereocenters. The number of aromatic nitrogens is 5. The van der Waals surface area contributed by atoms with Gasteiger partial charge in [-0.2, -0.15) is 9.67 Å². The number of aryl methyl sites for hydroxylation is 4. The van der Waals surface area contributed by atoms with Crippen molar-refractivity contribution >= 4 is 17.6 Å². The summed E-state index contributed by atoms with van der Waals surface area (Å²) in [6.45, 7) is 2.53. The second kappa shape index (κ2) is 9.27. The molecular weight excluding hydrogens is 460 g/mol. The van der Waals surface area contributed by atoms with Gasteiger partial charge in [0.2, 0.25) is 11.9 Å². The largest absolute Gasteiger partial charge is 0.366 e. The third-order valence-electron chi connectivity index (χ3n) is 8.23. The first-order valence-electron chi connectivity index (χ1n) is 13.5. The molecule has 1 fully saturated rings. The number of nitrogens with one attached hydrogen (secondary N) is 1. The summed E-state index contributed by atoms with van der Waals surface area (Å²) in [6.07, 6.45) is 9.16. The van der Waals surface area contributed by atoms with Crippen molar-refractivity contribution in [3.05, 3.63) is 70.8 Å². The predicted molar refractivity (Wildman–Crippen MR) is 145 cm³/mol. The Balaban J connectivity index is 1.16. The molecule has 4 aromatic rings. The van der Waals surface area contributed by atoms with Crippen LogP contribution < -0.4 is 11.1 Å². The molecule has 2 aliphatic carbocycles. The lowest BCUT2D eigenvalue weighted by Gasteiger charge is -2.38. The number of hydrogen-bond acceptors (Lipinski definition) is 7. The van der Waals surface area contributed by atoms with Crippen LogP contribution in [0.2, 0.25) is 0 Å². The number of benzene rings is 2. The summed E-state index contributed by atoms with van der Waals surface area (Å²) in [5.41, 5.74) is 14.6. The van der Waals surface area contributed by atoms with Crippen LogP contribution in [0, 0.1) is 0 Å². The second-order valence-electron chi connectivity index (χ2n) is 10.5. The topological polar surface area (TPSA) is 97.8 Å². The second-order valence-corrected chi connectivity index (χ2v) is 10.5. The number of hydrogen-bond donors (Lipinski definition) is 2. The highest BCUT2D eigenvalue weighted by molar-refractivity contribution is 5.68. The van der Waals surface area contributed by atoms with E-state index in [1.165, 1.54) is 60.2 Å². The highest BCUT2D eigenvalue weighted by atomic mass is 15.5. The molecule has 0 bridgehead atoms. The standard InChI is InChI=1S/C29H32N8/c30-28-32-29(31-23-12-9-19-10-13-24(36-15-4-16-36)14-11-21(19)17-23)37(35-28)26-18-22-7-3-6-20-5-1-2-8-25(20)27(22)34-33-26/h1-2,5,8-9,12,17-18,24H,3-4,6-7,10-11,13-16H2,(H3,30,31,32,35). The Hall–Kier alpha value is -3.78. The fraction of sp³-hybridized carbons (Fsp3) is 0.379. The minimum atomic E-state index is 0.205. The molecule has 3 aliphatic rings. The average Bonchev–Trinajstić information content (AvgIpc) is 3.03. The van der Waals surface area contributed by atoms with Crippen molar-refractivity contribution in [1.29, 1.82) is 0 Å². The number of anilines is 3. The first-order chi connectivity index (χ1) is 18.2. The number of nitrogens with zero attached hydrogens (tertiary/aromatic N) is 6. The van der Waals surface area contributed by atoms with Gasteiger partial charge in [0.1, 0.15) is 0 Å². The van der Waals surface area contributed by atoms with Gasteiger partial charge >= 0.3 is 0 Å². The highest BCUT2D eigenvalue weighted by Crippen LogP contribution is 2.32. The van der Waals surface area contributed by atoms with Gasteiger partial charge < -0.3 is 16.0 Å². The zero-order valence-electron chi connectivity index (χ0n) is 21.0. The molecule has 2 aromatic heterocycles. The van der Waals surface area contributed by atoms with Gasteiger partial charge in [0.15, 0.2) is 5.82 Å². The number of fused-ring (bicyclic) bond motifs is 4. The zero-order valence-corrected chi connectivity index (χ0v) is 21.0. The summed E-state index contributed by atoms with van der Waals surface area (Å²) in [5.74, 6) is 1.38. The fourth-order valence-electron chi connectivity index (χ4n) is 6.12. The van der Waals surface area contributed by atoms with E-state index in [2.05, 4.69) is 79.0 Å². The van der Waals surface area contributed by atoms with Gasteiger partial charge in [-0.05, 0) is 105 Å². The Kier molecular flexibility index (Phi) is 5.61. The molecule has 0 radical (unpaired) electrons. The average molecular weight is 493 g/mol. The van der Waals surface area contributed by atoms with Gasteiger partial charge in [-0.3, -0.25) is 0 Å². The molecule has 0 saturated carbocycles. The van der Waals surface area contributed by atoms with Crippen LogP contribution in [0.1, 0.15) is 47.9 Å². The van der Waals surface area contributed by atoms with Crippen LogP contribution >= 0.6 is 0 Å². The molecule has 1 saturated heterocycles. The minimum Gasteiger partial charge on any atom is -0.366 e. The lowest BCUT2D eigenvalue weighted by Crippen LogP contribution is -2.45. The van der Waals surface area contributed by atoms with E-state index < -0.39 is 0 Å². The van der Waals surface area contributed by atoms with E-state index in [1.807, 2.05) is 0 Å². The van der Waals surface area contributed by atoms with Crippen molar-refractivity contribution in [3.63, 3.8) is 0 Å². The zero-order chi connectivity index (χ0) is 24.8. The summed E-state index contributed by atoms with van der Waals surface area (Å²) < 4.78 is 1.67. The molecule has 8 heteroatoms. The SMILES string of the molecule is Nc1nc(Nc2ccc3c(c2)CCC(N2CCC2)CC3)n(-c2cc3c(nn2)-c2ccccc2CCC3)n1. The van der Waals surface area contributed by atoms with Crippen molar-refractivity contribution in [2.45, 2.75) is 57.4 Å². The molecular formula is C29H32N8. The van der Waals surface area contributed by atoms with E-state index in [-0.39, 0.29) is 5.95 Å². The van der Waals surface area contributed by atoms with Crippen molar-refractivity contribution in [1.82, 2.24) is 29.9 Å². The lowest BCUT2D eigenvalue weighted by atomic mass is 10.0. The van der Waals surface area contributed by atoms with Gasteiger partial charge in [0.25, 0.3) is 0 Å². The van der Waals surface area contributed by atoms with Crippen LogP contribution in [0.5, 0.6) is 0 Å². The molecule has 0 amide bonds. The van der Waals surface area contributed by atoms with Gasteiger partial charge in [-0.25, -0.2) is 0 Å². The van der Waals surface area contributed by atoms with Crippen molar-refractivity contribution in [3.8, 4) is 17.1 Å². The Morgan fingerprint density at radius 1 is 0.811 bits per heavy atom. The van der Waals surface area contributed by atoms with Crippen LogP contribution in [0.15, 0.2) is 48.5 Å². The number of likely N-dealkylation sites (tertiary alicyclic amines) is 1. The van der Waals surface area contributed by atoms with Crippen LogP contribution in [0.25, 0.3) is 17.1 Å². The summed E-state index contributed by atoms with van der Waals surface area (Å²) in [4.78, 5) is 7.13. The van der Waals surface area contributed by atoms with Gasteiger partial charge in [0.05, 0.1) is 5.69 Å². The third-order valence-corrected chi connectivity index (χ3v) is 8.23. The summed E-state index contributed by atoms with van der Waals surface area (Å²) in [5, 5.41) is 17.1. The molecule has 2 aromatic carbocycles. The first-order valence-corrected chi connectivity index (χ1v) is 13.5. The summed E-state index contributed by atoms with van der Waals surface area (Å²) in [6, 6.07) is 17.9. The number of nitrogen functional groups attached to an aromatic ring is 1. The molecule has 1 atom stereocenters. The first kappa shape index (κ1) is 22.4. The lowest BCUT2D eigenvalue weighted by molar-refractivity contribution is 0.107. The van der Waals surface area contributed by atoms with Gasteiger partial charge in [-0.15, -0.1) is 15.3 Å². The molecule has 3 heterocycles. The highest BCUT2D eigenvalue weighted by Gasteiger charge is 2.26. The van der Waals surface area contributed by atoms with E-state index in [4.69, 9.17) is 5.73 Å².